The minimum absolute atomic E-state index is 0.0694. The summed E-state index contributed by atoms with van der Waals surface area (Å²) in [6.45, 7) is 1.61. The number of aromatic amines is 2. The normalized spacial score (nSPS) is 19.9. The molecule has 0 saturated carbocycles. The lowest BCUT2D eigenvalue weighted by molar-refractivity contribution is -0.160. The van der Waals surface area contributed by atoms with Crippen LogP contribution in [0.15, 0.2) is 73.1 Å². The van der Waals surface area contributed by atoms with Crippen LogP contribution in [0.3, 0.4) is 0 Å². The van der Waals surface area contributed by atoms with Gasteiger partial charge in [0.05, 0.1) is 49.1 Å². The molecule has 4 heterocycles. The van der Waals surface area contributed by atoms with Gasteiger partial charge in [-0.2, -0.15) is 8.78 Å². The number of ether oxygens (including phenoxy) is 2. The van der Waals surface area contributed by atoms with Crippen LogP contribution in [-0.4, -0.2) is 87.7 Å². The fourth-order valence-electron chi connectivity index (χ4n) is 7.42. The number of alkyl carbamates (subject to hydrolysis) is 1. The summed E-state index contributed by atoms with van der Waals surface area (Å²) in [6, 6.07) is 19.7. The predicted octanol–water partition coefficient (Wildman–Crippen LogP) is 7.32. The minimum atomic E-state index is -2.99. The lowest BCUT2D eigenvalue weighted by Crippen LogP contribution is -2.51. The molecule has 0 spiro atoms. The van der Waals surface area contributed by atoms with Crippen molar-refractivity contribution < 1.29 is 27.8 Å². The molecule has 13 heteroatoms. The summed E-state index contributed by atoms with van der Waals surface area (Å²) >= 11 is 0. The smallest absolute Gasteiger partial charge is 0.407 e. The van der Waals surface area contributed by atoms with Crippen LogP contribution in [0.25, 0.3) is 44.4 Å². The van der Waals surface area contributed by atoms with Gasteiger partial charge in [-0.3, -0.25) is 9.69 Å². The van der Waals surface area contributed by atoms with E-state index in [0.717, 1.165) is 57.5 Å². The highest BCUT2D eigenvalue weighted by molar-refractivity contribution is 5.90. The lowest BCUT2D eigenvalue weighted by Gasteiger charge is -2.29. The Balaban J connectivity index is 1.07. The number of carbonyl (C=O) groups is 2. The van der Waals surface area contributed by atoms with Crippen LogP contribution in [0.1, 0.15) is 56.8 Å². The molecule has 0 aliphatic carbocycles. The number of hydrogen-bond donors (Lipinski definition) is 3. The van der Waals surface area contributed by atoms with Gasteiger partial charge in [-0.1, -0.05) is 62.4 Å². The zero-order chi connectivity index (χ0) is 36.5. The highest BCUT2D eigenvalue weighted by atomic mass is 19.3. The highest BCUT2D eigenvalue weighted by Crippen LogP contribution is 2.36. The van der Waals surface area contributed by atoms with Gasteiger partial charge in [0.2, 0.25) is 5.91 Å². The zero-order valence-corrected chi connectivity index (χ0v) is 29.6. The predicted molar refractivity (Wildman–Crippen MR) is 193 cm³/mol. The molecule has 2 aromatic heterocycles. The molecule has 3 N–H and O–H groups in total. The number of carbonyl (C=O) groups excluding carboxylic acids is 2. The molecule has 0 bridgehead atoms. The van der Waals surface area contributed by atoms with Crippen LogP contribution in [0.4, 0.5) is 13.6 Å². The third kappa shape index (κ3) is 7.28. The Labute approximate surface area is 300 Å². The standard InChI is InChI=1S/C39H43F2N7O4/c1-22(2)34(46-39(50)51-4)37(49)48-21-29(52-38(40)41)18-33(48)36-43-19-30(44-36)24-9-7-23(8-10-24)25-11-12-27-17-28(14-13-26(27)16-25)31-20-42-35(45-31)32-6-5-15-47(32)3/h7-14,16-17,19-20,22,29,32-34,38H,5-6,15,18,21H2,1-4H3,(H,42,45)(H,43,44)(H,46,50)/t29-,32-,33-,34-/m0/s1. The quantitative estimate of drug-likeness (QED) is 0.139. The molecule has 2 fully saturated rings. The van der Waals surface area contributed by atoms with E-state index in [1.807, 2.05) is 30.5 Å². The largest absolute Gasteiger partial charge is 0.453 e. The van der Waals surface area contributed by atoms with Crippen LogP contribution in [0.5, 0.6) is 0 Å². The van der Waals surface area contributed by atoms with Crippen LogP contribution in [-0.2, 0) is 14.3 Å². The first-order valence-corrected chi connectivity index (χ1v) is 17.6. The topological polar surface area (TPSA) is 128 Å². The molecular formula is C39H43F2N7O4. The summed E-state index contributed by atoms with van der Waals surface area (Å²) in [5, 5.41) is 4.84. The fourth-order valence-corrected chi connectivity index (χ4v) is 7.42. The van der Waals surface area contributed by atoms with Gasteiger partial charge < -0.3 is 29.7 Å². The van der Waals surface area contributed by atoms with E-state index in [0.29, 0.717) is 17.6 Å². The number of rotatable bonds is 10. The number of hydrogen-bond acceptors (Lipinski definition) is 7. The molecule has 52 heavy (non-hydrogen) atoms. The molecule has 2 amide bonds. The van der Waals surface area contributed by atoms with Gasteiger partial charge >= 0.3 is 12.7 Å². The minimum Gasteiger partial charge on any atom is -0.453 e. The summed E-state index contributed by atoms with van der Waals surface area (Å²) in [6.07, 6.45) is 4.37. The first-order chi connectivity index (χ1) is 25.1. The molecule has 2 aliphatic rings. The molecule has 7 rings (SSSR count). The van der Waals surface area contributed by atoms with Crippen molar-refractivity contribution in [1.82, 2.24) is 35.1 Å². The Kier molecular flexibility index (Phi) is 10.1. The monoisotopic (exact) mass is 711 g/mol. The van der Waals surface area contributed by atoms with Crippen molar-refractivity contribution in [2.45, 2.75) is 64.0 Å². The molecule has 5 aromatic rings. The van der Waals surface area contributed by atoms with Crippen molar-refractivity contribution in [2.24, 2.45) is 5.92 Å². The number of fused-ring (bicyclic) bond motifs is 1. The van der Waals surface area contributed by atoms with Crippen molar-refractivity contribution >= 4 is 22.8 Å². The second-order valence-corrected chi connectivity index (χ2v) is 14.0. The molecular weight excluding hydrogens is 668 g/mol. The number of nitrogens with one attached hydrogen (secondary N) is 3. The molecule has 272 valence electrons. The number of H-pyrrole nitrogens is 2. The number of aromatic nitrogens is 4. The average molecular weight is 712 g/mol. The Morgan fingerprint density at radius 1 is 0.865 bits per heavy atom. The Hall–Kier alpha value is -5.14. The van der Waals surface area contributed by atoms with Crippen molar-refractivity contribution in [2.75, 3.05) is 27.2 Å². The first-order valence-electron chi connectivity index (χ1n) is 17.6. The second kappa shape index (κ2) is 14.8. The van der Waals surface area contributed by atoms with Crippen molar-refractivity contribution in [3.8, 4) is 33.6 Å². The summed E-state index contributed by atoms with van der Waals surface area (Å²) in [5.74, 6) is 0.753. The van der Waals surface area contributed by atoms with E-state index in [1.54, 1.807) is 20.0 Å². The van der Waals surface area contributed by atoms with Gasteiger partial charge in [0.1, 0.15) is 17.7 Å². The van der Waals surface area contributed by atoms with Gasteiger partial charge in [-0.05, 0) is 71.9 Å². The first kappa shape index (κ1) is 35.3. The average Bonchev–Trinajstić information content (AvgIpc) is 3.97. The SMILES string of the molecule is COC(=O)N[C@H](C(=O)N1C[C@@H](OC(F)F)C[C@H]1c1ncc(-c2ccc(-c3ccc4cc(-c5cnc([C@@H]6CCCN6C)[nH]5)ccc4c3)cc2)[nH]1)C(C)C. The fraction of sp³-hybridized carbons (Fsp3) is 0.385. The van der Waals surface area contributed by atoms with E-state index in [1.165, 1.54) is 18.4 Å². The summed E-state index contributed by atoms with van der Waals surface area (Å²) < 4.78 is 36.0. The number of benzene rings is 3. The lowest BCUT2D eigenvalue weighted by atomic mass is 9.98. The van der Waals surface area contributed by atoms with Gasteiger partial charge in [0.25, 0.3) is 0 Å². The van der Waals surface area contributed by atoms with E-state index >= 15 is 0 Å². The Bertz CT molecular complexity index is 2050. The van der Waals surface area contributed by atoms with Crippen LogP contribution >= 0.6 is 0 Å². The number of likely N-dealkylation sites (tertiary alicyclic amines) is 2. The maximum atomic E-state index is 13.7. The Morgan fingerprint density at radius 3 is 2.08 bits per heavy atom. The summed E-state index contributed by atoms with van der Waals surface area (Å²) in [7, 11) is 3.36. The van der Waals surface area contributed by atoms with Crippen LogP contribution in [0, 0.1) is 5.92 Å². The molecule has 3 aromatic carbocycles. The Morgan fingerprint density at radius 2 is 1.46 bits per heavy atom. The van der Waals surface area contributed by atoms with Gasteiger partial charge in [-0.15, -0.1) is 0 Å². The number of imidazole rings is 2. The van der Waals surface area contributed by atoms with Crippen LogP contribution in [0.2, 0.25) is 0 Å². The second-order valence-electron chi connectivity index (χ2n) is 14.0. The van der Waals surface area contributed by atoms with E-state index in [9.17, 15) is 18.4 Å². The van der Waals surface area contributed by atoms with Crippen molar-refractivity contribution in [3.05, 3.63) is 84.7 Å². The number of amides is 2. The maximum Gasteiger partial charge on any atom is 0.407 e. The van der Waals surface area contributed by atoms with Gasteiger partial charge in [0, 0.05) is 18.5 Å². The molecule has 4 atom stereocenters. The third-order valence-corrected chi connectivity index (χ3v) is 10.3. The number of alkyl halides is 2. The molecule has 11 nitrogen and oxygen atoms in total. The van der Waals surface area contributed by atoms with E-state index in [2.05, 4.69) is 73.6 Å². The van der Waals surface area contributed by atoms with E-state index in [4.69, 9.17) is 9.47 Å². The number of methoxy groups -OCH3 is 1. The third-order valence-electron chi connectivity index (χ3n) is 10.3. The van der Waals surface area contributed by atoms with Gasteiger partial charge in [-0.25, -0.2) is 14.8 Å². The summed E-state index contributed by atoms with van der Waals surface area (Å²) in [4.78, 5) is 45.6. The van der Waals surface area contributed by atoms with Gasteiger partial charge in [0.15, 0.2) is 0 Å². The van der Waals surface area contributed by atoms with E-state index in [-0.39, 0.29) is 18.9 Å². The van der Waals surface area contributed by atoms with E-state index < -0.39 is 36.8 Å². The molecule has 2 aliphatic heterocycles. The maximum absolute atomic E-state index is 13.7. The van der Waals surface area contributed by atoms with Crippen molar-refractivity contribution in [1.29, 1.82) is 0 Å². The molecule has 0 unspecified atom stereocenters. The zero-order valence-electron chi connectivity index (χ0n) is 29.6. The number of nitrogens with zero attached hydrogens (tertiary/aromatic N) is 4. The van der Waals surface area contributed by atoms with Crippen LogP contribution < -0.4 is 5.32 Å². The number of halogens is 2. The van der Waals surface area contributed by atoms with Crippen molar-refractivity contribution in [3.63, 3.8) is 0 Å². The summed E-state index contributed by atoms with van der Waals surface area (Å²) in [5.41, 5.74) is 5.83. The molecule has 2 saturated heterocycles. The molecule has 0 radical (unpaired) electrons. The highest BCUT2D eigenvalue weighted by Gasteiger charge is 2.42.